The van der Waals surface area contributed by atoms with E-state index >= 15 is 0 Å². The minimum atomic E-state index is -0.620. The topological polar surface area (TPSA) is 74.6 Å². The van der Waals surface area contributed by atoms with E-state index in [2.05, 4.69) is 22.3 Å². The molecule has 1 saturated heterocycles. The fourth-order valence-electron chi connectivity index (χ4n) is 2.84. The van der Waals surface area contributed by atoms with E-state index in [4.69, 9.17) is 14.7 Å². The van der Waals surface area contributed by atoms with Gasteiger partial charge in [-0.2, -0.15) is 5.26 Å². The van der Waals surface area contributed by atoms with Crippen LogP contribution >= 0.6 is 0 Å². The fraction of sp³-hybridized carbons (Fsp3) is 0.333. The van der Waals surface area contributed by atoms with Gasteiger partial charge in [0.1, 0.15) is 5.75 Å². The molecule has 2 aromatic carbocycles. The summed E-state index contributed by atoms with van der Waals surface area (Å²) in [6.07, 6.45) is -0.620. The van der Waals surface area contributed by atoms with Gasteiger partial charge in [-0.1, -0.05) is 12.1 Å². The van der Waals surface area contributed by atoms with Gasteiger partial charge in [-0.3, -0.25) is 4.79 Å². The Kier molecular flexibility index (Phi) is 6.29. The maximum atomic E-state index is 12.2. The number of nitriles is 1. The second-order valence-corrected chi connectivity index (χ2v) is 6.38. The first-order chi connectivity index (χ1) is 13.2. The first-order valence-corrected chi connectivity index (χ1v) is 9.02. The van der Waals surface area contributed by atoms with E-state index in [-0.39, 0.29) is 5.91 Å². The van der Waals surface area contributed by atoms with E-state index in [1.54, 1.807) is 31.2 Å². The van der Waals surface area contributed by atoms with Gasteiger partial charge in [0.05, 0.1) is 24.8 Å². The van der Waals surface area contributed by atoms with Crippen LogP contribution in [0.4, 0.5) is 5.69 Å². The van der Waals surface area contributed by atoms with Crippen LogP contribution < -0.4 is 15.0 Å². The van der Waals surface area contributed by atoms with Crippen LogP contribution in [0.2, 0.25) is 0 Å². The average molecular weight is 365 g/mol. The highest BCUT2D eigenvalue weighted by Crippen LogP contribution is 2.17. The van der Waals surface area contributed by atoms with Crippen LogP contribution in [0.5, 0.6) is 5.75 Å². The van der Waals surface area contributed by atoms with Crippen LogP contribution in [0.1, 0.15) is 18.1 Å². The number of ether oxygens (including phenoxy) is 2. The number of carbonyl (C=O) groups excluding carboxylic acids is 1. The summed E-state index contributed by atoms with van der Waals surface area (Å²) in [6.45, 7) is 5.47. The molecule has 27 heavy (non-hydrogen) atoms. The van der Waals surface area contributed by atoms with E-state index in [0.29, 0.717) is 17.9 Å². The number of hydrogen-bond donors (Lipinski definition) is 1. The normalized spacial score (nSPS) is 14.9. The lowest BCUT2D eigenvalue weighted by Crippen LogP contribution is -2.36. The van der Waals surface area contributed by atoms with Crippen molar-refractivity contribution in [3.8, 4) is 11.8 Å². The summed E-state index contributed by atoms with van der Waals surface area (Å²) in [5.74, 6) is 0.378. The van der Waals surface area contributed by atoms with Crippen LogP contribution in [0, 0.1) is 11.3 Å². The average Bonchev–Trinajstić information content (AvgIpc) is 2.73. The quantitative estimate of drug-likeness (QED) is 0.851. The Morgan fingerprint density at radius 1 is 1.19 bits per heavy atom. The molecule has 1 aliphatic rings. The third-order valence-corrected chi connectivity index (χ3v) is 4.44. The van der Waals surface area contributed by atoms with E-state index in [9.17, 15) is 4.79 Å². The number of nitrogens with one attached hydrogen (secondary N) is 1. The fourth-order valence-corrected chi connectivity index (χ4v) is 2.84. The van der Waals surface area contributed by atoms with Crippen molar-refractivity contribution in [1.29, 1.82) is 5.26 Å². The maximum absolute atomic E-state index is 12.2. The zero-order valence-electron chi connectivity index (χ0n) is 15.4. The molecule has 1 heterocycles. The molecule has 3 rings (SSSR count). The molecule has 0 saturated carbocycles. The predicted molar refractivity (Wildman–Crippen MR) is 103 cm³/mol. The third-order valence-electron chi connectivity index (χ3n) is 4.44. The Morgan fingerprint density at radius 3 is 2.48 bits per heavy atom. The first kappa shape index (κ1) is 18.7. The van der Waals surface area contributed by atoms with Crippen molar-refractivity contribution in [2.45, 2.75) is 19.6 Å². The summed E-state index contributed by atoms with van der Waals surface area (Å²) in [6, 6.07) is 16.9. The second kappa shape index (κ2) is 9.06. The van der Waals surface area contributed by atoms with Crippen LogP contribution in [0.25, 0.3) is 0 Å². The molecule has 140 valence electrons. The Hall–Kier alpha value is -3.04. The number of hydrogen-bond acceptors (Lipinski definition) is 5. The van der Waals surface area contributed by atoms with Crippen molar-refractivity contribution in [2.75, 3.05) is 31.2 Å². The molecule has 6 nitrogen and oxygen atoms in total. The van der Waals surface area contributed by atoms with Crippen molar-refractivity contribution in [2.24, 2.45) is 0 Å². The van der Waals surface area contributed by atoms with Gasteiger partial charge in [0, 0.05) is 25.3 Å². The van der Waals surface area contributed by atoms with Crippen LogP contribution in [0.3, 0.4) is 0 Å². The van der Waals surface area contributed by atoms with Crippen LogP contribution in [0.15, 0.2) is 48.5 Å². The number of amides is 1. The molecular weight excluding hydrogens is 342 g/mol. The van der Waals surface area contributed by atoms with Gasteiger partial charge in [-0.05, 0) is 48.9 Å². The lowest BCUT2D eigenvalue weighted by molar-refractivity contribution is -0.127. The monoisotopic (exact) mass is 365 g/mol. The van der Waals surface area contributed by atoms with E-state index < -0.39 is 6.10 Å². The molecule has 6 heteroatoms. The lowest BCUT2D eigenvalue weighted by atomic mass is 10.2. The smallest absolute Gasteiger partial charge is 0.261 e. The molecular formula is C21H23N3O3. The highest BCUT2D eigenvalue weighted by Gasteiger charge is 2.15. The molecule has 1 fully saturated rings. The molecule has 1 atom stereocenters. The number of carbonyl (C=O) groups is 1. The lowest BCUT2D eigenvalue weighted by Gasteiger charge is -2.28. The van der Waals surface area contributed by atoms with Gasteiger partial charge in [-0.15, -0.1) is 0 Å². The summed E-state index contributed by atoms with van der Waals surface area (Å²) in [5.41, 5.74) is 2.76. The third kappa shape index (κ3) is 5.22. The van der Waals surface area contributed by atoms with Gasteiger partial charge in [0.15, 0.2) is 6.10 Å². The maximum Gasteiger partial charge on any atom is 0.261 e. The van der Waals surface area contributed by atoms with Crippen molar-refractivity contribution >= 4 is 11.6 Å². The molecule has 0 radical (unpaired) electrons. The number of anilines is 1. The van der Waals surface area contributed by atoms with E-state index in [1.807, 2.05) is 18.2 Å². The summed E-state index contributed by atoms with van der Waals surface area (Å²) in [7, 11) is 0. The summed E-state index contributed by atoms with van der Waals surface area (Å²) in [5, 5.41) is 11.7. The summed E-state index contributed by atoms with van der Waals surface area (Å²) < 4.78 is 11.0. The van der Waals surface area contributed by atoms with Crippen molar-refractivity contribution in [1.82, 2.24) is 5.32 Å². The number of rotatable bonds is 6. The molecule has 1 aliphatic heterocycles. The Morgan fingerprint density at radius 2 is 1.85 bits per heavy atom. The Bertz CT molecular complexity index is 791. The van der Waals surface area contributed by atoms with Gasteiger partial charge < -0.3 is 19.7 Å². The number of nitrogens with zero attached hydrogens (tertiary/aromatic N) is 2. The van der Waals surface area contributed by atoms with Crippen LogP contribution in [-0.2, 0) is 16.1 Å². The summed E-state index contributed by atoms with van der Waals surface area (Å²) >= 11 is 0. The molecule has 0 aromatic heterocycles. The van der Waals surface area contributed by atoms with Gasteiger partial charge in [0.25, 0.3) is 5.91 Å². The highest BCUT2D eigenvalue weighted by atomic mass is 16.5. The minimum absolute atomic E-state index is 0.184. The van der Waals surface area contributed by atoms with E-state index in [1.165, 1.54) is 5.69 Å². The molecule has 0 bridgehead atoms. The largest absolute Gasteiger partial charge is 0.481 e. The zero-order chi connectivity index (χ0) is 19.1. The second-order valence-electron chi connectivity index (χ2n) is 6.38. The zero-order valence-corrected chi connectivity index (χ0v) is 15.4. The first-order valence-electron chi connectivity index (χ1n) is 9.02. The molecule has 1 amide bonds. The van der Waals surface area contributed by atoms with Gasteiger partial charge >= 0.3 is 0 Å². The molecule has 0 spiro atoms. The highest BCUT2D eigenvalue weighted by molar-refractivity contribution is 5.80. The predicted octanol–water partition coefficient (Wildman–Crippen LogP) is 2.48. The SMILES string of the molecule is CC(Oc1ccc(C#N)cc1)C(=O)NCc1ccc(N2CCOCC2)cc1. The molecule has 2 aromatic rings. The Labute approximate surface area is 159 Å². The molecule has 0 aliphatic carbocycles. The number of morpholine rings is 1. The Balaban J connectivity index is 1.48. The standard InChI is InChI=1S/C21H23N3O3/c1-16(27-20-8-4-17(14-22)5-9-20)21(25)23-15-18-2-6-19(7-3-18)24-10-12-26-13-11-24/h2-9,16H,10-13,15H2,1H3,(H,23,25). The van der Waals surface area contributed by atoms with Gasteiger partial charge in [-0.25, -0.2) is 0 Å². The van der Waals surface area contributed by atoms with Crippen molar-refractivity contribution in [3.05, 3.63) is 59.7 Å². The minimum Gasteiger partial charge on any atom is -0.481 e. The summed E-state index contributed by atoms with van der Waals surface area (Å²) in [4.78, 5) is 14.5. The van der Waals surface area contributed by atoms with E-state index in [0.717, 1.165) is 31.9 Å². The molecule has 1 N–H and O–H groups in total. The van der Waals surface area contributed by atoms with Crippen molar-refractivity contribution in [3.63, 3.8) is 0 Å². The van der Waals surface area contributed by atoms with Gasteiger partial charge in [0.2, 0.25) is 0 Å². The number of benzene rings is 2. The molecule has 1 unspecified atom stereocenters. The van der Waals surface area contributed by atoms with Crippen molar-refractivity contribution < 1.29 is 14.3 Å². The van der Waals surface area contributed by atoms with Crippen LogP contribution in [-0.4, -0.2) is 38.3 Å².